The molecule has 0 spiro atoms. The standard InChI is InChI=1S/C48H57FN4O6/c1-8-38-30(2)23-36(24-31(38)3)59-46-47(4,5)44(48(46,6)7)27-42(55)32-9-11-33(12-10-32)53-21-22-58-37(29-53)28-51-17-19-52(20-18-51)34-13-15-39(40(49)25-34)45(57)50-41-16-14-35(54)26-43(41)56/h1,9-13,15,23-25,37,41,44,46H,14,16-22,26-29H2,2-7H3,(H,50,57)/t37-,41-,44?,46?/m0/s1. The SMILES string of the molecule is C#Cc1c(C)cc(OC2C(C)(C)C(CC(=O)c3ccc(N4CCO[C@@H](CN5CCN(c6ccc(C(=O)N[C@H]7CCC(=O)CC7=O)c(F)c6)CC5)C4)cc3)C2(C)C)cc1C. The highest BCUT2D eigenvalue weighted by Crippen LogP contribution is 2.61. The van der Waals surface area contributed by atoms with Gasteiger partial charge in [-0.15, -0.1) is 6.42 Å². The molecule has 2 aliphatic heterocycles. The van der Waals surface area contributed by atoms with Crippen molar-refractivity contribution in [3.8, 4) is 18.1 Å². The summed E-state index contributed by atoms with van der Waals surface area (Å²) in [6.07, 6.45) is 6.41. The first-order valence-corrected chi connectivity index (χ1v) is 20.9. The molecule has 1 amide bonds. The normalized spacial score (nSPS) is 24.2. The van der Waals surface area contributed by atoms with E-state index in [1.807, 2.05) is 50.2 Å². The maximum Gasteiger partial charge on any atom is 0.254 e. The molecule has 0 radical (unpaired) electrons. The summed E-state index contributed by atoms with van der Waals surface area (Å²) in [5.74, 6) is 2.13. The number of halogens is 1. The largest absolute Gasteiger partial charge is 0.489 e. The Balaban J connectivity index is 0.879. The van der Waals surface area contributed by atoms with E-state index in [-0.39, 0.29) is 71.1 Å². The number of morpholine rings is 1. The number of nitrogens with one attached hydrogen (secondary N) is 1. The highest BCUT2D eigenvalue weighted by Gasteiger charge is 2.63. The lowest BCUT2D eigenvalue weighted by atomic mass is 9.44. The number of Topliss-reactive ketones (excluding diaryl/α,β-unsaturated/α-hetero) is 3. The van der Waals surface area contributed by atoms with E-state index in [9.17, 15) is 19.2 Å². The molecule has 2 atom stereocenters. The number of ether oxygens (including phenoxy) is 2. The average Bonchev–Trinajstić information content (AvgIpc) is 3.20. The van der Waals surface area contributed by atoms with Gasteiger partial charge in [-0.05, 0) is 91.9 Å². The lowest BCUT2D eigenvalue weighted by Crippen LogP contribution is -2.66. The van der Waals surface area contributed by atoms with Crippen LogP contribution in [-0.4, -0.2) is 98.8 Å². The molecule has 312 valence electrons. The number of ketones is 3. The molecule has 4 aliphatic rings. The number of benzene rings is 3. The van der Waals surface area contributed by atoms with Crippen LogP contribution in [0.25, 0.3) is 0 Å². The number of aryl methyl sites for hydroxylation is 2. The Bertz CT molecular complexity index is 2110. The fraction of sp³-hybridized carbons (Fsp3) is 0.500. The summed E-state index contributed by atoms with van der Waals surface area (Å²) >= 11 is 0. The van der Waals surface area contributed by atoms with Gasteiger partial charge in [0.1, 0.15) is 23.5 Å². The predicted molar refractivity (Wildman–Crippen MR) is 227 cm³/mol. The zero-order chi connectivity index (χ0) is 42.2. The van der Waals surface area contributed by atoms with Gasteiger partial charge >= 0.3 is 0 Å². The third kappa shape index (κ3) is 8.80. The number of anilines is 2. The van der Waals surface area contributed by atoms with Crippen LogP contribution >= 0.6 is 0 Å². The van der Waals surface area contributed by atoms with Crippen LogP contribution in [-0.2, 0) is 14.3 Å². The molecule has 1 N–H and O–H groups in total. The van der Waals surface area contributed by atoms with E-state index in [1.54, 1.807) is 6.07 Å². The molecule has 0 bridgehead atoms. The quantitative estimate of drug-likeness (QED) is 0.131. The highest BCUT2D eigenvalue weighted by molar-refractivity contribution is 6.06. The van der Waals surface area contributed by atoms with Crippen LogP contribution in [0.15, 0.2) is 54.6 Å². The molecule has 7 rings (SSSR count). The summed E-state index contributed by atoms with van der Waals surface area (Å²) in [4.78, 5) is 56.9. The molecule has 0 aromatic heterocycles. The molecule has 59 heavy (non-hydrogen) atoms. The molecular formula is C48H57FN4O6. The number of amides is 1. The number of carbonyl (C=O) groups is 4. The molecule has 10 nitrogen and oxygen atoms in total. The van der Waals surface area contributed by atoms with Gasteiger partial charge in [0, 0.05) is 92.0 Å². The lowest BCUT2D eigenvalue weighted by Gasteiger charge is -2.63. The number of piperazine rings is 1. The molecule has 11 heteroatoms. The van der Waals surface area contributed by atoms with E-state index in [0.717, 1.165) is 66.4 Å². The molecule has 3 aromatic rings. The number of nitrogens with zero attached hydrogens (tertiary/aromatic N) is 3. The van der Waals surface area contributed by atoms with Gasteiger partial charge in [0.05, 0.1) is 30.7 Å². The van der Waals surface area contributed by atoms with Gasteiger partial charge in [-0.25, -0.2) is 4.39 Å². The Hall–Kier alpha value is -5.05. The van der Waals surface area contributed by atoms with Crippen LogP contribution in [0.1, 0.15) is 90.8 Å². The van der Waals surface area contributed by atoms with Crippen LogP contribution in [0.5, 0.6) is 5.75 Å². The molecule has 2 saturated heterocycles. The minimum Gasteiger partial charge on any atom is -0.489 e. The predicted octanol–water partition coefficient (Wildman–Crippen LogP) is 6.57. The van der Waals surface area contributed by atoms with E-state index in [4.69, 9.17) is 15.9 Å². The van der Waals surface area contributed by atoms with Crippen molar-refractivity contribution in [3.63, 3.8) is 0 Å². The number of hydrogen-bond donors (Lipinski definition) is 1. The first-order valence-electron chi connectivity index (χ1n) is 20.9. The first kappa shape index (κ1) is 42.1. The molecule has 3 aromatic carbocycles. The van der Waals surface area contributed by atoms with Crippen molar-refractivity contribution in [3.05, 3.63) is 88.2 Å². The van der Waals surface area contributed by atoms with E-state index >= 15 is 4.39 Å². The topological polar surface area (TPSA) is 108 Å². The summed E-state index contributed by atoms with van der Waals surface area (Å²) < 4.78 is 28.0. The number of terminal acetylenes is 1. The second-order valence-electron chi connectivity index (χ2n) is 18.1. The Labute approximate surface area is 347 Å². The smallest absolute Gasteiger partial charge is 0.254 e. The third-order valence-corrected chi connectivity index (χ3v) is 13.3. The summed E-state index contributed by atoms with van der Waals surface area (Å²) in [5, 5.41) is 2.60. The Kier molecular flexibility index (Phi) is 12.1. The fourth-order valence-electron chi connectivity index (χ4n) is 10.2. The van der Waals surface area contributed by atoms with Gasteiger partial charge in [0.15, 0.2) is 11.6 Å². The van der Waals surface area contributed by atoms with E-state index in [2.05, 4.69) is 53.6 Å². The minimum absolute atomic E-state index is 0.0161. The Morgan fingerprint density at radius 3 is 2.20 bits per heavy atom. The second kappa shape index (κ2) is 16.9. The van der Waals surface area contributed by atoms with Gasteiger partial charge in [-0.1, -0.05) is 33.6 Å². The van der Waals surface area contributed by atoms with Crippen molar-refractivity contribution < 1.29 is 33.0 Å². The lowest BCUT2D eigenvalue weighted by molar-refractivity contribution is -0.196. The molecular weight excluding hydrogens is 748 g/mol. The number of carbonyl (C=O) groups excluding carboxylic acids is 4. The van der Waals surface area contributed by atoms with Crippen molar-refractivity contribution in [2.24, 2.45) is 16.7 Å². The fourth-order valence-corrected chi connectivity index (χ4v) is 10.2. The Morgan fingerprint density at radius 2 is 1.58 bits per heavy atom. The van der Waals surface area contributed by atoms with Crippen molar-refractivity contribution in [2.45, 2.75) is 85.5 Å². The molecule has 2 aliphatic carbocycles. The van der Waals surface area contributed by atoms with Gasteiger partial charge < -0.3 is 24.6 Å². The molecule has 0 unspecified atom stereocenters. The van der Waals surface area contributed by atoms with Crippen LogP contribution in [0.3, 0.4) is 0 Å². The minimum atomic E-state index is -0.761. The summed E-state index contributed by atoms with van der Waals surface area (Å²) in [7, 11) is 0. The molecule has 2 heterocycles. The second-order valence-corrected chi connectivity index (χ2v) is 18.1. The number of hydrogen-bond acceptors (Lipinski definition) is 9. The summed E-state index contributed by atoms with van der Waals surface area (Å²) in [5.41, 5.74) is 4.93. The van der Waals surface area contributed by atoms with Gasteiger partial charge in [0.25, 0.3) is 5.91 Å². The maximum atomic E-state index is 15.1. The third-order valence-electron chi connectivity index (χ3n) is 13.3. The summed E-state index contributed by atoms with van der Waals surface area (Å²) in [6.45, 7) is 18.7. The van der Waals surface area contributed by atoms with E-state index in [1.165, 1.54) is 12.1 Å². The van der Waals surface area contributed by atoms with E-state index in [0.29, 0.717) is 31.8 Å². The van der Waals surface area contributed by atoms with Crippen LogP contribution in [0.4, 0.5) is 15.8 Å². The van der Waals surface area contributed by atoms with Crippen LogP contribution < -0.4 is 19.9 Å². The first-order chi connectivity index (χ1) is 28.0. The van der Waals surface area contributed by atoms with Crippen molar-refractivity contribution in [2.75, 3.05) is 62.2 Å². The van der Waals surface area contributed by atoms with Gasteiger partial charge in [-0.3, -0.25) is 24.1 Å². The maximum absolute atomic E-state index is 15.1. The van der Waals surface area contributed by atoms with E-state index < -0.39 is 17.8 Å². The highest BCUT2D eigenvalue weighted by atomic mass is 19.1. The van der Waals surface area contributed by atoms with Crippen molar-refractivity contribution in [1.29, 1.82) is 0 Å². The summed E-state index contributed by atoms with van der Waals surface area (Å²) in [6, 6.07) is 15.9. The zero-order valence-corrected chi connectivity index (χ0v) is 35.2. The molecule has 2 saturated carbocycles. The monoisotopic (exact) mass is 804 g/mol. The number of rotatable bonds is 11. The van der Waals surface area contributed by atoms with Crippen LogP contribution in [0, 0.1) is 48.8 Å². The van der Waals surface area contributed by atoms with Gasteiger partial charge in [-0.2, -0.15) is 0 Å². The molecule has 4 fully saturated rings. The van der Waals surface area contributed by atoms with Gasteiger partial charge in [0.2, 0.25) is 0 Å². The van der Waals surface area contributed by atoms with Crippen LogP contribution in [0.2, 0.25) is 0 Å². The zero-order valence-electron chi connectivity index (χ0n) is 35.2. The van der Waals surface area contributed by atoms with Crippen molar-refractivity contribution in [1.82, 2.24) is 10.2 Å². The Morgan fingerprint density at radius 1 is 0.915 bits per heavy atom. The average molecular weight is 805 g/mol. The van der Waals surface area contributed by atoms with Crippen molar-refractivity contribution >= 4 is 34.6 Å².